The van der Waals surface area contributed by atoms with Crippen molar-refractivity contribution < 1.29 is 0 Å². The van der Waals surface area contributed by atoms with Gasteiger partial charge in [0.15, 0.2) is 0 Å². The van der Waals surface area contributed by atoms with Crippen LogP contribution in [-0.2, 0) is 0 Å². The first-order chi connectivity index (χ1) is 9.28. The van der Waals surface area contributed by atoms with E-state index in [9.17, 15) is 0 Å². The van der Waals surface area contributed by atoms with E-state index in [1.165, 1.54) is 21.6 Å². The van der Waals surface area contributed by atoms with E-state index >= 15 is 0 Å². The van der Waals surface area contributed by atoms with Crippen LogP contribution in [0.2, 0.25) is 0 Å². The summed E-state index contributed by atoms with van der Waals surface area (Å²) in [5, 5.41) is 0. The standard InChI is InChI=1S/C18H18S/c1-15(14-17-6-4-3-5-7-17)8-9-16-10-12-18(19-2)13-11-16/h3-14H,1-2H3/b9-8+,15-14+. The number of thioether (sulfide) groups is 1. The van der Waals surface area contributed by atoms with Gasteiger partial charge in [-0.05, 0) is 36.4 Å². The Hall–Kier alpha value is -1.73. The van der Waals surface area contributed by atoms with E-state index in [-0.39, 0.29) is 0 Å². The highest BCUT2D eigenvalue weighted by Gasteiger charge is 1.90. The summed E-state index contributed by atoms with van der Waals surface area (Å²) in [6.45, 7) is 2.12. The third kappa shape index (κ3) is 4.46. The molecule has 2 rings (SSSR count). The third-order valence-electron chi connectivity index (χ3n) is 2.85. The van der Waals surface area contributed by atoms with Crippen LogP contribution < -0.4 is 0 Å². The van der Waals surface area contributed by atoms with Crippen LogP contribution in [0.5, 0.6) is 0 Å². The Balaban J connectivity index is 2.07. The SMILES string of the molecule is CSc1ccc(/C=C/C(C)=C/c2ccccc2)cc1. The molecule has 96 valence electrons. The van der Waals surface area contributed by atoms with Gasteiger partial charge in [-0.15, -0.1) is 11.8 Å². The lowest BCUT2D eigenvalue weighted by molar-refractivity contribution is 1.45. The van der Waals surface area contributed by atoms with Crippen molar-refractivity contribution in [1.82, 2.24) is 0 Å². The molecule has 0 heterocycles. The lowest BCUT2D eigenvalue weighted by Crippen LogP contribution is -1.75. The van der Waals surface area contributed by atoms with Gasteiger partial charge in [0.05, 0.1) is 0 Å². The van der Waals surface area contributed by atoms with E-state index in [2.05, 4.69) is 79.9 Å². The zero-order chi connectivity index (χ0) is 13.5. The average Bonchev–Trinajstić information content (AvgIpc) is 2.47. The van der Waals surface area contributed by atoms with Crippen molar-refractivity contribution in [2.24, 2.45) is 0 Å². The Morgan fingerprint density at radius 3 is 2.21 bits per heavy atom. The van der Waals surface area contributed by atoms with Crippen molar-refractivity contribution in [3.63, 3.8) is 0 Å². The van der Waals surface area contributed by atoms with Gasteiger partial charge in [-0.1, -0.05) is 66.3 Å². The molecule has 1 heteroatoms. The maximum absolute atomic E-state index is 2.19. The van der Waals surface area contributed by atoms with Gasteiger partial charge in [0.25, 0.3) is 0 Å². The zero-order valence-corrected chi connectivity index (χ0v) is 12.2. The second kappa shape index (κ2) is 7.01. The summed E-state index contributed by atoms with van der Waals surface area (Å²) in [6.07, 6.45) is 8.59. The second-order valence-corrected chi connectivity index (χ2v) is 5.29. The summed E-state index contributed by atoms with van der Waals surface area (Å²) in [7, 11) is 0. The molecule has 2 aromatic rings. The predicted octanol–water partition coefficient (Wildman–Crippen LogP) is 5.53. The molecule has 0 N–H and O–H groups in total. The first-order valence-corrected chi connectivity index (χ1v) is 7.56. The topological polar surface area (TPSA) is 0 Å². The Labute approximate surface area is 119 Å². The molecule has 0 aromatic heterocycles. The second-order valence-electron chi connectivity index (χ2n) is 4.41. The lowest BCUT2D eigenvalue weighted by Gasteiger charge is -1.98. The van der Waals surface area contributed by atoms with E-state index in [0.717, 1.165) is 0 Å². The van der Waals surface area contributed by atoms with Gasteiger partial charge in [-0.25, -0.2) is 0 Å². The largest absolute Gasteiger partial charge is 0.130 e. The van der Waals surface area contributed by atoms with Crippen LogP contribution in [0.3, 0.4) is 0 Å². The highest BCUT2D eigenvalue weighted by atomic mass is 32.2. The minimum atomic E-state index is 1.23. The van der Waals surface area contributed by atoms with Crippen LogP contribution in [0.1, 0.15) is 18.1 Å². The zero-order valence-electron chi connectivity index (χ0n) is 11.3. The van der Waals surface area contributed by atoms with Crippen molar-refractivity contribution >= 4 is 23.9 Å². The van der Waals surface area contributed by atoms with E-state index < -0.39 is 0 Å². The molecule has 0 aliphatic rings. The Morgan fingerprint density at radius 2 is 1.58 bits per heavy atom. The molecule has 0 aliphatic carbocycles. The maximum atomic E-state index is 2.19. The minimum absolute atomic E-state index is 1.23. The number of hydrogen-bond donors (Lipinski definition) is 0. The molecular formula is C18H18S. The van der Waals surface area contributed by atoms with Crippen molar-refractivity contribution in [3.8, 4) is 0 Å². The van der Waals surface area contributed by atoms with E-state index in [1.807, 2.05) is 6.07 Å². The predicted molar refractivity (Wildman–Crippen MR) is 87.4 cm³/mol. The molecule has 0 amide bonds. The van der Waals surface area contributed by atoms with E-state index in [4.69, 9.17) is 0 Å². The van der Waals surface area contributed by atoms with Crippen LogP contribution in [0, 0.1) is 0 Å². The van der Waals surface area contributed by atoms with Gasteiger partial charge >= 0.3 is 0 Å². The van der Waals surface area contributed by atoms with Gasteiger partial charge < -0.3 is 0 Å². The molecule has 0 radical (unpaired) electrons. The van der Waals surface area contributed by atoms with E-state index in [1.54, 1.807) is 11.8 Å². The first kappa shape index (κ1) is 13.7. The highest BCUT2D eigenvalue weighted by molar-refractivity contribution is 7.98. The fourth-order valence-electron chi connectivity index (χ4n) is 1.80. The van der Waals surface area contributed by atoms with Gasteiger partial charge in [-0.2, -0.15) is 0 Å². The first-order valence-electron chi connectivity index (χ1n) is 6.33. The Kier molecular flexibility index (Phi) is 5.05. The minimum Gasteiger partial charge on any atom is -0.130 e. The summed E-state index contributed by atoms with van der Waals surface area (Å²) < 4.78 is 0. The normalized spacial score (nSPS) is 12.0. The molecule has 0 aliphatic heterocycles. The van der Waals surface area contributed by atoms with Crippen LogP contribution in [-0.4, -0.2) is 6.26 Å². The summed E-state index contributed by atoms with van der Waals surface area (Å²) in [6, 6.07) is 19.0. The summed E-state index contributed by atoms with van der Waals surface area (Å²) in [5.41, 5.74) is 3.72. The third-order valence-corrected chi connectivity index (χ3v) is 3.59. The Bertz CT molecular complexity index is 562. The van der Waals surface area contributed by atoms with Gasteiger partial charge in [0.1, 0.15) is 0 Å². The molecule has 2 aromatic carbocycles. The molecule has 0 spiro atoms. The van der Waals surface area contributed by atoms with Gasteiger partial charge in [0.2, 0.25) is 0 Å². The maximum Gasteiger partial charge on any atom is 0.00695 e. The smallest absolute Gasteiger partial charge is 0.00695 e. The summed E-state index contributed by atoms with van der Waals surface area (Å²) >= 11 is 1.77. The number of hydrogen-bond acceptors (Lipinski definition) is 1. The number of allylic oxidation sites excluding steroid dienone is 2. The molecule has 0 atom stereocenters. The quantitative estimate of drug-likeness (QED) is 0.518. The fraction of sp³-hybridized carbons (Fsp3) is 0.111. The monoisotopic (exact) mass is 266 g/mol. The number of rotatable bonds is 4. The Morgan fingerprint density at radius 1 is 0.895 bits per heavy atom. The fourth-order valence-corrected chi connectivity index (χ4v) is 2.21. The van der Waals surface area contributed by atoms with Crippen molar-refractivity contribution in [2.75, 3.05) is 6.26 Å². The molecule has 0 fully saturated rings. The lowest BCUT2D eigenvalue weighted by atomic mass is 10.1. The van der Waals surface area contributed by atoms with Gasteiger partial charge in [-0.3, -0.25) is 0 Å². The van der Waals surface area contributed by atoms with E-state index in [0.29, 0.717) is 0 Å². The van der Waals surface area contributed by atoms with Crippen LogP contribution in [0.25, 0.3) is 12.2 Å². The molecular weight excluding hydrogens is 248 g/mol. The van der Waals surface area contributed by atoms with Crippen LogP contribution in [0.15, 0.2) is 71.1 Å². The molecule has 0 saturated carbocycles. The van der Waals surface area contributed by atoms with Crippen LogP contribution >= 0.6 is 11.8 Å². The highest BCUT2D eigenvalue weighted by Crippen LogP contribution is 2.16. The molecule has 0 nitrogen and oxygen atoms in total. The van der Waals surface area contributed by atoms with Crippen molar-refractivity contribution in [1.29, 1.82) is 0 Å². The number of benzene rings is 2. The van der Waals surface area contributed by atoms with Crippen molar-refractivity contribution in [3.05, 3.63) is 77.4 Å². The van der Waals surface area contributed by atoms with Gasteiger partial charge in [0, 0.05) is 4.90 Å². The molecule has 0 bridgehead atoms. The average molecular weight is 266 g/mol. The summed E-state index contributed by atoms with van der Waals surface area (Å²) in [4.78, 5) is 1.30. The molecule has 19 heavy (non-hydrogen) atoms. The molecule has 0 saturated heterocycles. The van der Waals surface area contributed by atoms with Crippen LogP contribution in [0.4, 0.5) is 0 Å². The summed E-state index contributed by atoms with van der Waals surface area (Å²) in [5.74, 6) is 0. The van der Waals surface area contributed by atoms with Crippen molar-refractivity contribution in [2.45, 2.75) is 11.8 Å². The molecule has 0 unspecified atom stereocenters.